The van der Waals surface area contributed by atoms with Gasteiger partial charge in [0.15, 0.2) is 0 Å². The number of nitrogens with one attached hydrogen (secondary N) is 1. The van der Waals surface area contributed by atoms with Crippen LogP contribution in [0.2, 0.25) is 0 Å². The summed E-state index contributed by atoms with van der Waals surface area (Å²) in [5, 5.41) is 3.32. The van der Waals surface area contributed by atoms with E-state index in [1.165, 1.54) is 12.1 Å². The van der Waals surface area contributed by atoms with Gasteiger partial charge in [0.2, 0.25) is 0 Å². The minimum Gasteiger partial charge on any atom is -0.493 e. The van der Waals surface area contributed by atoms with E-state index in [1.54, 1.807) is 12.1 Å². The Kier molecular flexibility index (Phi) is 4.34. The van der Waals surface area contributed by atoms with Crippen molar-refractivity contribution in [3.8, 4) is 5.75 Å². The van der Waals surface area contributed by atoms with Crippen LogP contribution in [0.5, 0.6) is 5.75 Å². The van der Waals surface area contributed by atoms with Crippen molar-refractivity contribution in [1.29, 1.82) is 0 Å². The predicted molar refractivity (Wildman–Crippen MR) is 65.4 cm³/mol. The second-order valence-electron chi connectivity index (χ2n) is 4.52. The molecule has 2 rings (SSSR count). The molecule has 1 aliphatic rings. The highest BCUT2D eigenvalue weighted by atomic mass is 19.1. The number of benzene rings is 1. The minimum atomic E-state index is -0.269. The van der Waals surface area contributed by atoms with Gasteiger partial charge in [0.25, 0.3) is 0 Å². The molecule has 2 atom stereocenters. The van der Waals surface area contributed by atoms with Gasteiger partial charge in [-0.15, -0.1) is 0 Å². The fourth-order valence-corrected chi connectivity index (χ4v) is 2.24. The number of halogens is 1. The molecule has 0 aromatic heterocycles. The first-order chi connectivity index (χ1) is 8.29. The number of nitrogens with two attached hydrogens (primary N) is 1. The first-order valence-corrected chi connectivity index (χ1v) is 6.08. The van der Waals surface area contributed by atoms with E-state index in [2.05, 4.69) is 5.32 Å². The van der Waals surface area contributed by atoms with Crippen LogP contribution in [0, 0.1) is 17.7 Å². The van der Waals surface area contributed by atoms with Gasteiger partial charge in [-0.1, -0.05) is 6.07 Å². The van der Waals surface area contributed by atoms with Crippen LogP contribution in [-0.4, -0.2) is 26.2 Å². The zero-order valence-corrected chi connectivity index (χ0v) is 9.86. The van der Waals surface area contributed by atoms with Gasteiger partial charge in [-0.3, -0.25) is 0 Å². The molecule has 0 amide bonds. The van der Waals surface area contributed by atoms with Crippen molar-refractivity contribution >= 4 is 0 Å². The fourth-order valence-electron chi connectivity index (χ4n) is 2.24. The van der Waals surface area contributed by atoms with Crippen molar-refractivity contribution in [2.75, 3.05) is 26.2 Å². The SMILES string of the molecule is NCC(COc1cccc(F)c1)C1CCNC1. The van der Waals surface area contributed by atoms with Gasteiger partial charge in [-0.05, 0) is 44.1 Å². The van der Waals surface area contributed by atoms with Gasteiger partial charge >= 0.3 is 0 Å². The van der Waals surface area contributed by atoms with Gasteiger partial charge in [-0.25, -0.2) is 4.39 Å². The molecule has 4 heteroatoms. The van der Waals surface area contributed by atoms with Crippen LogP contribution in [0.1, 0.15) is 6.42 Å². The molecule has 94 valence electrons. The van der Waals surface area contributed by atoms with Crippen LogP contribution in [0.3, 0.4) is 0 Å². The summed E-state index contributed by atoms with van der Waals surface area (Å²) in [6, 6.07) is 6.23. The Bertz CT molecular complexity index is 353. The molecule has 0 saturated carbocycles. The Morgan fingerprint density at radius 1 is 1.53 bits per heavy atom. The predicted octanol–water partition coefficient (Wildman–Crippen LogP) is 1.39. The lowest BCUT2D eigenvalue weighted by Gasteiger charge is -2.21. The van der Waals surface area contributed by atoms with E-state index in [9.17, 15) is 4.39 Å². The zero-order chi connectivity index (χ0) is 12.1. The summed E-state index contributed by atoms with van der Waals surface area (Å²) in [5.74, 6) is 1.23. The van der Waals surface area contributed by atoms with Crippen molar-refractivity contribution in [3.05, 3.63) is 30.1 Å². The molecule has 1 aliphatic heterocycles. The van der Waals surface area contributed by atoms with Gasteiger partial charge in [-0.2, -0.15) is 0 Å². The first kappa shape index (κ1) is 12.3. The van der Waals surface area contributed by atoms with E-state index in [0.29, 0.717) is 30.7 Å². The molecule has 1 saturated heterocycles. The van der Waals surface area contributed by atoms with Gasteiger partial charge in [0, 0.05) is 12.0 Å². The molecule has 3 nitrogen and oxygen atoms in total. The second-order valence-corrected chi connectivity index (χ2v) is 4.52. The molecular formula is C13H19FN2O. The fraction of sp³-hybridized carbons (Fsp3) is 0.538. The summed E-state index contributed by atoms with van der Waals surface area (Å²) in [7, 11) is 0. The average molecular weight is 238 g/mol. The standard InChI is InChI=1S/C13H19FN2O/c14-12-2-1-3-13(6-12)17-9-11(7-15)10-4-5-16-8-10/h1-3,6,10-11,16H,4-5,7-9,15H2. The normalized spacial score (nSPS) is 21.4. The van der Waals surface area contributed by atoms with Crippen LogP contribution in [0.25, 0.3) is 0 Å². The van der Waals surface area contributed by atoms with Crippen molar-refractivity contribution in [3.63, 3.8) is 0 Å². The lowest BCUT2D eigenvalue weighted by molar-refractivity contribution is 0.205. The Hall–Kier alpha value is -1.13. The third-order valence-electron chi connectivity index (χ3n) is 3.33. The first-order valence-electron chi connectivity index (χ1n) is 6.08. The maximum atomic E-state index is 13.0. The molecule has 1 aromatic rings. The van der Waals surface area contributed by atoms with Crippen LogP contribution in [0.15, 0.2) is 24.3 Å². The molecule has 1 heterocycles. The van der Waals surface area contributed by atoms with Gasteiger partial charge in [0.1, 0.15) is 11.6 Å². The molecule has 1 aromatic carbocycles. The molecule has 0 aliphatic carbocycles. The third-order valence-corrected chi connectivity index (χ3v) is 3.33. The van der Waals surface area contributed by atoms with Crippen molar-refractivity contribution in [1.82, 2.24) is 5.32 Å². The Balaban J connectivity index is 1.87. The molecular weight excluding hydrogens is 219 g/mol. The Labute approximate surface area is 101 Å². The van der Waals surface area contributed by atoms with Crippen LogP contribution >= 0.6 is 0 Å². The van der Waals surface area contributed by atoms with Crippen molar-refractivity contribution < 1.29 is 9.13 Å². The van der Waals surface area contributed by atoms with Gasteiger partial charge in [0.05, 0.1) is 6.61 Å². The van der Waals surface area contributed by atoms with Crippen LogP contribution in [0.4, 0.5) is 4.39 Å². The lowest BCUT2D eigenvalue weighted by Crippen LogP contribution is -2.30. The highest BCUT2D eigenvalue weighted by Crippen LogP contribution is 2.20. The van der Waals surface area contributed by atoms with Crippen LogP contribution in [-0.2, 0) is 0 Å². The number of hydrogen-bond donors (Lipinski definition) is 2. The van der Waals surface area contributed by atoms with E-state index in [-0.39, 0.29) is 5.82 Å². The summed E-state index contributed by atoms with van der Waals surface area (Å²) in [5.41, 5.74) is 5.76. The van der Waals surface area contributed by atoms with Gasteiger partial charge < -0.3 is 15.8 Å². The number of ether oxygens (including phenoxy) is 1. The lowest BCUT2D eigenvalue weighted by atomic mass is 9.92. The molecule has 2 unspecified atom stereocenters. The summed E-state index contributed by atoms with van der Waals surface area (Å²) in [6.07, 6.45) is 1.15. The molecule has 1 fully saturated rings. The van der Waals surface area contributed by atoms with E-state index >= 15 is 0 Å². The maximum Gasteiger partial charge on any atom is 0.126 e. The third kappa shape index (κ3) is 3.41. The van der Waals surface area contributed by atoms with Crippen molar-refractivity contribution in [2.24, 2.45) is 17.6 Å². The highest BCUT2D eigenvalue weighted by Gasteiger charge is 2.24. The average Bonchev–Trinajstić information content (AvgIpc) is 2.84. The smallest absolute Gasteiger partial charge is 0.126 e. The van der Waals surface area contributed by atoms with Crippen LogP contribution < -0.4 is 15.8 Å². The van der Waals surface area contributed by atoms with E-state index in [4.69, 9.17) is 10.5 Å². The Morgan fingerprint density at radius 3 is 3.06 bits per heavy atom. The Morgan fingerprint density at radius 2 is 2.41 bits per heavy atom. The highest BCUT2D eigenvalue weighted by molar-refractivity contribution is 5.22. The second kappa shape index (κ2) is 5.98. The minimum absolute atomic E-state index is 0.269. The zero-order valence-electron chi connectivity index (χ0n) is 9.86. The number of rotatable bonds is 5. The monoisotopic (exact) mass is 238 g/mol. The molecule has 0 spiro atoms. The van der Waals surface area contributed by atoms with E-state index < -0.39 is 0 Å². The molecule has 3 N–H and O–H groups in total. The molecule has 17 heavy (non-hydrogen) atoms. The summed E-state index contributed by atoms with van der Waals surface area (Å²) in [6.45, 7) is 3.24. The molecule has 0 radical (unpaired) electrons. The largest absolute Gasteiger partial charge is 0.493 e. The van der Waals surface area contributed by atoms with E-state index in [0.717, 1.165) is 19.5 Å². The topological polar surface area (TPSA) is 47.3 Å². The maximum absolute atomic E-state index is 13.0. The summed E-state index contributed by atoms with van der Waals surface area (Å²) < 4.78 is 18.6. The summed E-state index contributed by atoms with van der Waals surface area (Å²) >= 11 is 0. The van der Waals surface area contributed by atoms with E-state index in [1.807, 2.05) is 0 Å². The quantitative estimate of drug-likeness (QED) is 0.815. The molecule has 0 bridgehead atoms. The van der Waals surface area contributed by atoms with Crippen molar-refractivity contribution in [2.45, 2.75) is 6.42 Å². The summed E-state index contributed by atoms with van der Waals surface area (Å²) in [4.78, 5) is 0. The number of hydrogen-bond acceptors (Lipinski definition) is 3.